The van der Waals surface area contributed by atoms with E-state index in [9.17, 15) is 13.2 Å². The Morgan fingerprint density at radius 1 is 1.47 bits per heavy atom. The van der Waals surface area contributed by atoms with Gasteiger partial charge in [-0.2, -0.15) is 5.10 Å². The largest absolute Gasteiger partial charge is 0.273 e. The van der Waals surface area contributed by atoms with E-state index in [0.717, 1.165) is 0 Å². The highest BCUT2D eigenvalue weighted by Crippen LogP contribution is 2.18. The van der Waals surface area contributed by atoms with Gasteiger partial charge in [-0.05, 0) is 25.5 Å². The molecule has 0 spiro atoms. The summed E-state index contributed by atoms with van der Waals surface area (Å²) in [4.78, 5) is 15.9. The van der Waals surface area contributed by atoms with Crippen LogP contribution in [-0.2, 0) is 14.6 Å². The van der Waals surface area contributed by atoms with Crippen molar-refractivity contribution in [2.75, 3.05) is 11.5 Å². The maximum atomic E-state index is 11.8. The van der Waals surface area contributed by atoms with Crippen LogP contribution in [0.2, 0.25) is 0 Å². The summed E-state index contributed by atoms with van der Waals surface area (Å²) in [6.45, 7) is 1.73. The van der Waals surface area contributed by atoms with E-state index in [4.69, 9.17) is 0 Å². The topological polar surface area (TPSA) is 88.5 Å². The lowest BCUT2D eigenvalue weighted by Gasteiger charge is -2.06. The number of sulfone groups is 1. The number of hydrazone groups is 1. The zero-order valence-electron chi connectivity index (χ0n) is 10.5. The third kappa shape index (κ3) is 3.60. The van der Waals surface area contributed by atoms with Crippen LogP contribution in [0.3, 0.4) is 0 Å². The van der Waals surface area contributed by atoms with Crippen molar-refractivity contribution in [3.05, 3.63) is 30.1 Å². The maximum Gasteiger partial charge on any atom is 0.244 e. The van der Waals surface area contributed by atoms with E-state index < -0.39 is 15.8 Å². The average Bonchev–Trinajstić information content (AvgIpc) is 2.77. The first-order valence-corrected chi connectivity index (χ1v) is 7.76. The van der Waals surface area contributed by atoms with Gasteiger partial charge in [-0.3, -0.25) is 9.78 Å². The van der Waals surface area contributed by atoms with Crippen LogP contribution in [0.1, 0.15) is 19.0 Å². The van der Waals surface area contributed by atoms with Gasteiger partial charge in [0, 0.05) is 6.20 Å². The van der Waals surface area contributed by atoms with Gasteiger partial charge in [-0.1, -0.05) is 6.07 Å². The quantitative estimate of drug-likeness (QED) is 0.640. The highest BCUT2D eigenvalue weighted by Gasteiger charge is 2.32. The molecule has 1 aliphatic rings. The van der Waals surface area contributed by atoms with Crippen LogP contribution in [0, 0.1) is 5.92 Å². The van der Waals surface area contributed by atoms with Crippen molar-refractivity contribution in [1.29, 1.82) is 0 Å². The molecule has 0 aromatic carbocycles. The van der Waals surface area contributed by atoms with Crippen molar-refractivity contribution in [2.45, 2.75) is 13.3 Å². The van der Waals surface area contributed by atoms with Crippen LogP contribution in [0.4, 0.5) is 0 Å². The molecule has 0 bridgehead atoms. The summed E-state index contributed by atoms with van der Waals surface area (Å²) in [6.07, 6.45) is 2.01. The van der Waals surface area contributed by atoms with E-state index in [0.29, 0.717) is 17.8 Å². The number of aromatic nitrogens is 1. The van der Waals surface area contributed by atoms with Crippen LogP contribution in [0.15, 0.2) is 29.5 Å². The van der Waals surface area contributed by atoms with Gasteiger partial charge in [-0.15, -0.1) is 0 Å². The van der Waals surface area contributed by atoms with Crippen LogP contribution in [0.5, 0.6) is 0 Å². The highest BCUT2D eigenvalue weighted by molar-refractivity contribution is 7.91. The van der Waals surface area contributed by atoms with Gasteiger partial charge in [0.05, 0.1) is 28.8 Å². The van der Waals surface area contributed by atoms with Crippen molar-refractivity contribution in [2.24, 2.45) is 11.0 Å². The maximum absolute atomic E-state index is 11.8. The molecule has 19 heavy (non-hydrogen) atoms. The SMILES string of the molecule is C/C(=N/NC(=O)[C@H]1CCS(=O)(=O)C1)c1ccccn1. The Morgan fingerprint density at radius 2 is 2.26 bits per heavy atom. The Balaban J connectivity index is 1.97. The summed E-state index contributed by atoms with van der Waals surface area (Å²) >= 11 is 0. The van der Waals surface area contributed by atoms with E-state index in [1.807, 2.05) is 6.07 Å². The standard InChI is InChI=1S/C12H15N3O3S/c1-9(11-4-2-3-6-13-11)14-15-12(16)10-5-7-19(17,18)8-10/h2-4,6,10H,5,7-8H2,1H3,(H,15,16)/b14-9-/t10-/m0/s1. The third-order valence-corrected chi connectivity index (χ3v) is 4.74. The minimum absolute atomic E-state index is 0.0774. The molecule has 1 saturated heterocycles. The van der Waals surface area contributed by atoms with Crippen LogP contribution >= 0.6 is 0 Å². The normalized spacial score (nSPS) is 22.2. The van der Waals surface area contributed by atoms with Gasteiger partial charge < -0.3 is 0 Å². The number of amides is 1. The number of pyridine rings is 1. The first kappa shape index (κ1) is 13.7. The fourth-order valence-electron chi connectivity index (χ4n) is 1.87. The summed E-state index contributed by atoms with van der Waals surface area (Å²) in [5.41, 5.74) is 3.65. The lowest BCUT2D eigenvalue weighted by Crippen LogP contribution is -2.28. The monoisotopic (exact) mass is 281 g/mol. The van der Waals surface area contributed by atoms with Crippen molar-refractivity contribution in [3.8, 4) is 0 Å². The number of hydrogen-bond acceptors (Lipinski definition) is 5. The predicted octanol–water partition coefficient (Wildman–Crippen LogP) is 0.357. The van der Waals surface area contributed by atoms with Gasteiger partial charge in [-0.25, -0.2) is 13.8 Å². The molecule has 1 aromatic rings. The lowest BCUT2D eigenvalue weighted by molar-refractivity contribution is -0.124. The number of rotatable bonds is 3. The first-order chi connectivity index (χ1) is 8.98. The molecule has 1 amide bonds. The molecule has 0 unspecified atom stereocenters. The molecule has 0 aliphatic carbocycles. The van der Waals surface area contributed by atoms with E-state index in [1.54, 1.807) is 25.3 Å². The van der Waals surface area contributed by atoms with Crippen molar-refractivity contribution < 1.29 is 13.2 Å². The van der Waals surface area contributed by atoms with E-state index in [1.165, 1.54) is 0 Å². The zero-order chi connectivity index (χ0) is 13.9. The Morgan fingerprint density at radius 3 is 2.84 bits per heavy atom. The Kier molecular flexibility index (Phi) is 3.94. The van der Waals surface area contributed by atoms with Crippen LogP contribution in [0.25, 0.3) is 0 Å². The van der Waals surface area contributed by atoms with Gasteiger partial charge in [0.15, 0.2) is 9.84 Å². The molecule has 1 atom stereocenters. The van der Waals surface area contributed by atoms with Crippen molar-refractivity contribution in [1.82, 2.24) is 10.4 Å². The van der Waals surface area contributed by atoms with E-state index in [2.05, 4.69) is 15.5 Å². The fourth-order valence-corrected chi connectivity index (χ4v) is 3.61. The van der Waals surface area contributed by atoms with Gasteiger partial charge >= 0.3 is 0 Å². The van der Waals surface area contributed by atoms with Crippen molar-refractivity contribution in [3.63, 3.8) is 0 Å². The molecule has 1 aliphatic heterocycles. The smallest absolute Gasteiger partial charge is 0.244 e. The minimum atomic E-state index is -3.05. The number of carbonyl (C=O) groups is 1. The molecular weight excluding hydrogens is 266 g/mol. The number of nitrogens with zero attached hydrogens (tertiary/aromatic N) is 2. The predicted molar refractivity (Wildman–Crippen MR) is 71.4 cm³/mol. The summed E-state index contributed by atoms with van der Waals surface area (Å²) in [5.74, 6) is -0.855. The summed E-state index contributed by atoms with van der Waals surface area (Å²) < 4.78 is 22.6. The van der Waals surface area contributed by atoms with E-state index >= 15 is 0 Å². The molecule has 7 heteroatoms. The van der Waals surface area contributed by atoms with E-state index in [-0.39, 0.29) is 17.4 Å². The molecule has 6 nitrogen and oxygen atoms in total. The zero-order valence-corrected chi connectivity index (χ0v) is 11.4. The second-order valence-corrected chi connectivity index (χ2v) is 6.72. The molecule has 2 heterocycles. The van der Waals surface area contributed by atoms with Gasteiger partial charge in [0.1, 0.15) is 0 Å². The molecule has 102 valence electrons. The molecule has 1 N–H and O–H groups in total. The summed E-state index contributed by atoms with van der Waals surface area (Å²) in [5, 5.41) is 3.95. The lowest BCUT2D eigenvalue weighted by atomic mass is 10.1. The molecule has 2 rings (SSSR count). The molecule has 0 radical (unpaired) electrons. The van der Waals surface area contributed by atoms with Gasteiger partial charge in [0.2, 0.25) is 5.91 Å². The van der Waals surface area contributed by atoms with Crippen LogP contribution < -0.4 is 5.43 Å². The highest BCUT2D eigenvalue weighted by atomic mass is 32.2. The Bertz CT molecular complexity index is 596. The minimum Gasteiger partial charge on any atom is -0.273 e. The molecule has 1 fully saturated rings. The van der Waals surface area contributed by atoms with Crippen LogP contribution in [-0.4, -0.2) is 36.5 Å². The number of carbonyl (C=O) groups excluding carboxylic acids is 1. The summed E-state index contributed by atoms with van der Waals surface area (Å²) in [7, 11) is -3.05. The number of nitrogens with one attached hydrogen (secondary N) is 1. The first-order valence-electron chi connectivity index (χ1n) is 5.94. The second kappa shape index (κ2) is 5.48. The Hall–Kier alpha value is -1.76. The second-order valence-electron chi connectivity index (χ2n) is 4.49. The molecule has 1 aromatic heterocycles. The Labute approximate surface area is 111 Å². The molecule has 0 saturated carbocycles. The number of hydrogen-bond donors (Lipinski definition) is 1. The average molecular weight is 281 g/mol. The fraction of sp³-hybridized carbons (Fsp3) is 0.417. The van der Waals surface area contributed by atoms with Gasteiger partial charge in [0.25, 0.3) is 0 Å². The van der Waals surface area contributed by atoms with Crippen molar-refractivity contribution >= 4 is 21.5 Å². The molecular formula is C12H15N3O3S. The summed E-state index contributed by atoms with van der Waals surface area (Å²) in [6, 6.07) is 5.40. The third-order valence-electron chi connectivity index (χ3n) is 2.97.